The Kier molecular flexibility index (Phi) is 3.64. The van der Waals surface area contributed by atoms with Gasteiger partial charge in [-0.2, -0.15) is 0 Å². The van der Waals surface area contributed by atoms with Crippen molar-refractivity contribution in [3.63, 3.8) is 0 Å². The first-order chi connectivity index (χ1) is 8.20. The van der Waals surface area contributed by atoms with Crippen molar-refractivity contribution in [1.82, 2.24) is 10.2 Å². The third kappa shape index (κ3) is 2.77. The van der Waals surface area contributed by atoms with Gasteiger partial charge in [0.05, 0.1) is 6.04 Å². The standard InChI is InChI=1S/C13H18N2O2/c1-10-3-5-11(6-4-10)8-15-12(7-14-2)9-17-13(15)16/h3-6,12,14H,7-9H2,1-2H3. The summed E-state index contributed by atoms with van der Waals surface area (Å²) in [6.07, 6.45) is -0.217. The summed E-state index contributed by atoms with van der Waals surface area (Å²) < 4.78 is 5.07. The number of nitrogens with one attached hydrogen (secondary N) is 1. The van der Waals surface area contributed by atoms with Crippen molar-refractivity contribution in [3.8, 4) is 0 Å². The molecule has 0 bridgehead atoms. The summed E-state index contributed by atoms with van der Waals surface area (Å²) in [7, 11) is 1.88. The molecule has 1 aliphatic rings. The molecule has 1 heterocycles. The number of nitrogens with zero attached hydrogens (tertiary/aromatic N) is 1. The van der Waals surface area contributed by atoms with E-state index < -0.39 is 0 Å². The van der Waals surface area contributed by atoms with Gasteiger partial charge in [-0.1, -0.05) is 29.8 Å². The Bertz CT molecular complexity index is 389. The van der Waals surface area contributed by atoms with Crippen LogP contribution in [0.25, 0.3) is 0 Å². The summed E-state index contributed by atoms with van der Waals surface area (Å²) in [4.78, 5) is 13.4. The van der Waals surface area contributed by atoms with Gasteiger partial charge in [-0.25, -0.2) is 4.79 Å². The summed E-state index contributed by atoms with van der Waals surface area (Å²) >= 11 is 0. The Morgan fingerprint density at radius 3 is 2.76 bits per heavy atom. The predicted molar refractivity (Wildman–Crippen MR) is 65.8 cm³/mol. The molecular weight excluding hydrogens is 216 g/mol. The van der Waals surface area contributed by atoms with Gasteiger partial charge in [-0.05, 0) is 19.5 Å². The maximum atomic E-state index is 11.6. The zero-order valence-corrected chi connectivity index (χ0v) is 10.3. The molecule has 1 aliphatic heterocycles. The van der Waals surface area contributed by atoms with Crippen LogP contribution in [0.4, 0.5) is 4.79 Å². The Morgan fingerprint density at radius 2 is 2.12 bits per heavy atom. The van der Waals surface area contributed by atoms with Crippen LogP contribution in [0.1, 0.15) is 11.1 Å². The van der Waals surface area contributed by atoms with E-state index in [0.717, 1.165) is 12.1 Å². The van der Waals surface area contributed by atoms with Gasteiger partial charge < -0.3 is 10.1 Å². The van der Waals surface area contributed by atoms with Crippen LogP contribution in [0.5, 0.6) is 0 Å². The molecule has 0 aliphatic carbocycles. The number of hydrogen-bond acceptors (Lipinski definition) is 3. The van der Waals surface area contributed by atoms with E-state index in [1.165, 1.54) is 5.56 Å². The molecule has 0 spiro atoms. The number of carbonyl (C=O) groups is 1. The van der Waals surface area contributed by atoms with E-state index in [2.05, 4.69) is 36.5 Å². The second-order valence-electron chi connectivity index (χ2n) is 4.40. The van der Waals surface area contributed by atoms with Crippen LogP contribution in [0, 0.1) is 6.92 Å². The molecule has 1 atom stereocenters. The van der Waals surface area contributed by atoms with Crippen molar-refractivity contribution in [3.05, 3.63) is 35.4 Å². The number of rotatable bonds is 4. The highest BCUT2D eigenvalue weighted by Gasteiger charge is 2.32. The number of benzene rings is 1. The lowest BCUT2D eigenvalue weighted by Gasteiger charge is -2.21. The first-order valence-corrected chi connectivity index (χ1v) is 5.84. The van der Waals surface area contributed by atoms with Crippen LogP contribution >= 0.6 is 0 Å². The molecule has 1 aromatic rings. The third-order valence-electron chi connectivity index (χ3n) is 2.99. The quantitative estimate of drug-likeness (QED) is 0.859. The molecule has 4 heteroatoms. The van der Waals surface area contributed by atoms with Gasteiger partial charge in [0.2, 0.25) is 0 Å². The molecular formula is C13H18N2O2. The maximum Gasteiger partial charge on any atom is 0.410 e. The van der Waals surface area contributed by atoms with Crippen LogP contribution in [-0.4, -0.2) is 37.2 Å². The molecule has 0 saturated carbocycles. The van der Waals surface area contributed by atoms with E-state index in [0.29, 0.717) is 13.2 Å². The van der Waals surface area contributed by atoms with Crippen molar-refractivity contribution in [2.45, 2.75) is 19.5 Å². The van der Waals surface area contributed by atoms with Crippen LogP contribution in [0.15, 0.2) is 24.3 Å². The molecule has 1 saturated heterocycles. The Balaban J connectivity index is 2.05. The van der Waals surface area contributed by atoms with Crippen LogP contribution < -0.4 is 5.32 Å². The molecule has 17 heavy (non-hydrogen) atoms. The lowest BCUT2D eigenvalue weighted by atomic mass is 10.1. The molecule has 1 amide bonds. The van der Waals surface area contributed by atoms with E-state index in [4.69, 9.17) is 4.74 Å². The Hall–Kier alpha value is -1.55. The van der Waals surface area contributed by atoms with Crippen molar-refractivity contribution in [2.75, 3.05) is 20.2 Å². The normalized spacial score (nSPS) is 19.5. The number of hydrogen-bond donors (Lipinski definition) is 1. The van der Waals surface area contributed by atoms with E-state index in [1.807, 2.05) is 7.05 Å². The molecule has 92 valence electrons. The minimum atomic E-state index is -0.217. The summed E-state index contributed by atoms with van der Waals surface area (Å²) in [6.45, 7) is 3.91. The summed E-state index contributed by atoms with van der Waals surface area (Å²) in [6, 6.07) is 8.36. The lowest BCUT2D eigenvalue weighted by molar-refractivity contribution is 0.156. The fourth-order valence-electron chi connectivity index (χ4n) is 1.98. The number of likely N-dealkylation sites (N-methyl/N-ethyl adjacent to an activating group) is 1. The van der Waals surface area contributed by atoms with Gasteiger partial charge in [0, 0.05) is 13.1 Å². The average Bonchev–Trinajstić information content (AvgIpc) is 2.65. The van der Waals surface area contributed by atoms with Crippen LogP contribution in [0.3, 0.4) is 0 Å². The van der Waals surface area contributed by atoms with Crippen LogP contribution in [-0.2, 0) is 11.3 Å². The van der Waals surface area contributed by atoms with Crippen molar-refractivity contribution < 1.29 is 9.53 Å². The zero-order chi connectivity index (χ0) is 12.3. The average molecular weight is 234 g/mol. The van der Waals surface area contributed by atoms with Gasteiger partial charge in [-0.15, -0.1) is 0 Å². The molecule has 1 fully saturated rings. The minimum absolute atomic E-state index is 0.133. The smallest absolute Gasteiger partial charge is 0.410 e. The fraction of sp³-hybridized carbons (Fsp3) is 0.462. The molecule has 2 rings (SSSR count). The largest absolute Gasteiger partial charge is 0.447 e. The van der Waals surface area contributed by atoms with E-state index in [-0.39, 0.29) is 12.1 Å². The number of aryl methyl sites for hydroxylation is 1. The Morgan fingerprint density at radius 1 is 1.41 bits per heavy atom. The van der Waals surface area contributed by atoms with Crippen molar-refractivity contribution in [1.29, 1.82) is 0 Å². The molecule has 0 radical (unpaired) electrons. The molecule has 1 aromatic carbocycles. The summed E-state index contributed by atoms with van der Waals surface area (Å²) in [5, 5.41) is 3.08. The predicted octanol–water partition coefficient (Wildman–Crippen LogP) is 1.54. The molecule has 1 unspecified atom stereocenters. The first kappa shape index (κ1) is 11.9. The van der Waals surface area contributed by atoms with Gasteiger partial charge >= 0.3 is 6.09 Å². The zero-order valence-electron chi connectivity index (χ0n) is 10.3. The molecule has 0 aromatic heterocycles. The van der Waals surface area contributed by atoms with Gasteiger partial charge in [0.1, 0.15) is 6.61 Å². The van der Waals surface area contributed by atoms with Gasteiger partial charge in [-0.3, -0.25) is 4.90 Å². The van der Waals surface area contributed by atoms with Crippen molar-refractivity contribution >= 4 is 6.09 Å². The second kappa shape index (κ2) is 5.19. The van der Waals surface area contributed by atoms with Gasteiger partial charge in [0.25, 0.3) is 0 Å². The number of ether oxygens (including phenoxy) is 1. The number of cyclic esters (lactones) is 1. The van der Waals surface area contributed by atoms with E-state index >= 15 is 0 Å². The van der Waals surface area contributed by atoms with Crippen LogP contribution in [0.2, 0.25) is 0 Å². The molecule has 1 N–H and O–H groups in total. The minimum Gasteiger partial charge on any atom is -0.447 e. The van der Waals surface area contributed by atoms with E-state index in [1.54, 1.807) is 4.90 Å². The highest BCUT2D eigenvalue weighted by Crippen LogP contribution is 2.16. The second-order valence-corrected chi connectivity index (χ2v) is 4.40. The topological polar surface area (TPSA) is 41.6 Å². The van der Waals surface area contributed by atoms with E-state index in [9.17, 15) is 4.79 Å². The van der Waals surface area contributed by atoms with Gasteiger partial charge in [0.15, 0.2) is 0 Å². The highest BCUT2D eigenvalue weighted by atomic mass is 16.6. The first-order valence-electron chi connectivity index (χ1n) is 5.84. The third-order valence-corrected chi connectivity index (χ3v) is 2.99. The lowest BCUT2D eigenvalue weighted by Crippen LogP contribution is -2.39. The number of amides is 1. The van der Waals surface area contributed by atoms with Crippen molar-refractivity contribution in [2.24, 2.45) is 0 Å². The summed E-state index contributed by atoms with van der Waals surface area (Å²) in [5.74, 6) is 0. The SMILES string of the molecule is CNCC1COC(=O)N1Cc1ccc(C)cc1. The fourth-order valence-corrected chi connectivity index (χ4v) is 1.98. The highest BCUT2D eigenvalue weighted by molar-refractivity contribution is 5.70. The number of carbonyl (C=O) groups excluding carboxylic acids is 1. The maximum absolute atomic E-state index is 11.6. The monoisotopic (exact) mass is 234 g/mol. The molecule has 4 nitrogen and oxygen atoms in total. The Labute approximate surface area is 102 Å². The summed E-state index contributed by atoms with van der Waals surface area (Å²) in [5.41, 5.74) is 2.36.